The Labute approximate surface area is 109 Å². The van der Waals surface area contributed by atoms with Gasteiger partial charge in [0.05, 0.1) is 7.11 Å². The highest BCUT2D eigenvalue weighted by Crippen LogP contribution is 2.25. The highest BCUT2D eigenvalue weighted by atomic mass is 35.5. The van der Waals surface area contributed by atoms with Crippen LogP contribution in [0, 0.1) is 6.92 Å². The average molecular weight is 269 g/mol. The van der Waals surface area contributed by atoms with E-state index in [0.717, 1.165) is 11.3 Å². The lowest BCUT2D eigenvalue weighted by molar-refractivity contribution is 0.415. The third-order valence-corrected chi connectivity index (χ3v) is 3.11. The van der Waals surface area contributed by atoms with Crippen LogP contribution in [-0.4, -0.2) is 17.1 Å². The minimum absolute atomic E-state index is 0.371. The van der Waals surface area contributed by atoms with Crippen molar-refractivity contribution in [3.05, 3.63) is 40.1 Å². The third-order valence-electron chi connectivity index (χ3n) is 2.38. The van der Waals surface area contributed by atoms with Crippen molar-refractivity contribution in [1.82, 2.24) is 9.97 Å². The first-order chi connectivity index (χ1) is 8.11. The minimum atomic E-state index is 0.371. The number of hydrogen-bond donors (Lipinski definition) is 0. The molecular formula is C12H10Cl2N2O. The van der Waals surface area contributed by atoms with Crippen LogP contribution in [0.1, 0.15) is 5.56 Å². The van der Waals surface area contributed by atoms with E-state index in [4.69, 9.17) is 27.9 Å². The van der Waals surface area contributed by atoms with Crippen LogP contribution >= 0.6 is 23.2 Å². The standard InChI is InChI=1S/C12H10Cl2N2O/c1-7-10(13)15-12(16-11(7)14)8-3-5-9(17-2)6-4-8/h3-6H,1-2H3. The minimum Gasteiger partial charge on any atom is -0.497 e. The van der Waals surface area contributed by atoms with Crippen LogP contribution in [-0.2, 0) is 0 Å². The summed E-state index contributed by atoms with van der Waals surface area (Å²) in [5.74, 6) is 1.28. The quantitative estimate of drug-likeness (QED) is 0.778. The molecule has 0 saturated heterocycles. The molecule has 17 heavy (non-hydrogen) atoms. The molecule has 3 nitrogen and oxygen atoms in total. The summed E-state index contributed by atoms with van der Waals surface area (Å²) in [6.45, 7) is 1.78. The number of hydrogen-bond acceptors (Lipinski definition) is 3. The molecule has 0 radical (unpaired) electrons. The van der Waals surface area contributed by atoms with Gasteiger partial charge in [0.15, 0.2) is 5.82 Å². The lowest BCUT2D eigenvalue weighted by Gasteiger charge is -2.05. The van der Waals surface area contributed by atoms with Gasteiger partial charge in [-0.15, -0.1) is 0 Å². The van der Waals surface area contributed by atoms with Crippen LogP contribution in [0.4, 0.5) is 0 Å². The first-order valence-electron chi connectivity index (χ1n) is 4.96. The largest absolute Gasteiger partial charge is 0.497 e. The number of ether oxygens (including phenoxy) is 1. The molecule has 88 valence electrons. The van der Waals surface area contributed by atoms with Crippen molar-refractivity contribution in [3.8, 4) is 17.1 Å². The van der Waals surface area contributed by atoms with E-state index in [0.29, 0.717) is 21.7 Å². The van der Waals surface area contributed by atoms with Gasteiger partial charge in [-0.25, -0.2) is 9.97 Å². The molecular weight excluding hydrogens is 259 g/mol. The number of benzene rings is 1. The van der Waals surface area contributed by atoms with Gasteiger partial charge in [0.1, 0.15) is 16.1 Å². The fourth-order valence-electron chi connectivity index (χ4n) is 1.33. The Kier molecular flexibility index (Phi) is 3.50. The van der Waals surface area contributed by atoms with Gasteiger partial charge in [-0.1, -0.05) is 23.2 Å². The zero-order chi connectivity index (χ0) is 12.4. The van der Waals surface area contributed by atoms with Gasteiger partial charge in [-0.3, -0.25) is 0 Å². The summed E-state index contributed by atoms with van der Waals surface area (Å²) in [6, 6.07) is 7.38. The van der Waals surface area contributed by atoms with E-state index in [1.165, 1.54) is 0 Å². The second-order valence-corrected chi connectivity index (χ2v) is 4.20. The Morgan fingerprint density at radius 3 is 2.00 bits per heavy atom. The van der Waals surface area contributed by atoms with Crippen LogP contribution in [0.5, 0.6) is 5.75 Å². The molecule has 0 aliphatic heterocycles. The number of methoxy groups -OCH3 is 1. The molecule has 0 saturated carbocycles. The van der Waals surface area contributed by atoms with Crippen molar-refractivity contribution < 1.29 is 4.74 Å². The van der Waals surface area contributed by atoms with E-state index in [-0.39, 0.29) is 0 Å². The fourth-order valence-corrected chi connectivity index (χ4v) is 1.72. The van der Waals surface area contributed by atoms with Crippen LogP contribution in [0.2, 0.25) is 10.3 Å². The van der Waals surface area contributed by atoms with Gasteiger partial charge < -0.3 is 4.74 Å². The van der Waals surface area contributed by atoms with E-state index < -0.39 is 0 Å². The average Bonchev–Trinajstić information content (AvgIpc) is 2.35. The zero-order valence-corrected chi connectivity index (χ0v) is 10.9. The van der Waals surface area contributed by atoms with E-state index in [1.54, 1.807) is 14.0 Å². The van der Waals surface area contributed by atoms with Crippen molar-refractivity contribution in [2.75, 3.05) is 7.11 Å². The molecule has 0 amide bonds. The van der Waals surface area contributed by atoms with Gasteiger partial charge in [0.2, 0.25) is 0 Å². The molecule has 0 N–H and O–H groups in total. The van der Waals surface area contributed by atoms with Crippen molar-refractivity contribution in [2.45, 2.75) is 6.92 Å². The van der Waals surface area contributed by atoms with E-state index in [9.17, 15) is 0 Å². The lowest BCUT2D eigenvalue weighted by atomic mass is 10.2. The summed E-state index contributed by atoms with van der Waals surface area (Å²) in [5, 5.41) is 0.742. The predicted molar refractivity (Wildman–Crippen MR) is 68.8 cm³/mol. The van der Waals surface area contributed by atoms with Crippen molar-refractivity contribution in [3.63, 3.8) is 0 Å². The van der Waals surface area contributed by atoms with Gasteiger partial charge >= 0.3 is 0 Å². The first kappa shape index (κ1) is 12.1. The highest BCUT2D eigenvalue weighted by Gasteiger charge is 2.09. The number of nitrogens with zero attached hydrogens (tertiary/aromatic N) is 2. The molecule has 2 rings (SSSR count). The topological polar surface area (TPSA) is 35.0 Å². The zero-order valence-electron chi connectivity index (χ0n) is 9.37. The Morgan fingerprint density at radius 2 is 1.53 bits per heavy atom. The summed E-state index contributed by atoms with van der Waals surface area (Å²) in [5.41, 5.74) is 1.53. The smallest absolute Gasteiger partial charge is 0.162 e. The van der Waals surface area contributed by atoms with Crippen LogP contribution in [0.25, 0.3) is 11.4 Å². The summed E-state index contributed by atoms with van der Waals surface area (Å²) in [6.07, 6.45) is 0. The maximum Gasteiger partial charge on any atom is 0.162 e. The number of aromatic nitrogens is 2. The fraction of sp³-hybridized carbons (Fsp3) is 0.167. The maximum absolute atomic E-state index is 5.97. The van der Waals surface area contributed by atoms with Crippen molar-refractivity contribution in [2.24, 2.45) is 0 Å². The molecule has 0 aliphatic carbocycles. The van der Waals surface area contributed by atoms with Gasteiger partial charge in [0, 0.05) is 11.1 Å². The van der Waals surface area contributed by atoms with Gasteiger partial charge in [-0.05, 0) is 31.2 Å². The molecule has 0 spiro atoms. The summed E-state index contributed by atoms with van der Waals surface area (Å²) in [7, 11) is 1.62. The maximum atomic E-state index is 5.97. The monoisotopic (exact) mass is 268 g/mol. The molecule has 1 aromatic carbocycles. The van der Waals surface area contributed by atoms with Crippen molar-refractivity contribution >= 4 is 23.2 Å². The Bertz CT molecular complexity index is 518. The van der Waals surface area contributed by atoms with E-state index >= 15 is 0 Å². The molecule has 1 heterocycles. The molecule has 0 atom stereocenters. The summed E-state index contributed by atoms with van der Waals surface area (Å²) < 4.78 is 5.08. The normalized spacial score (nSPS) is 10.4. The molecule has 0 bridgehead atoms. The second-order valence-electron chi connectivity index (χ2n) is 3.48. The Hall–Kier alpha value is -1.32. The van der Waals surface area contributed by atoms with Crippen LogP contribution in [0.15, 0.2) is 24.3 Å². The third kappa shape index (κ3) is 2.51. The highest BCUT2D eigenvalue weighted by molar-refractivity contribution is 6.34. The lowest BCUT2D eigenvalue weighted by Crippen LogP contribution is -1.94. The summed E-state index contributed by atoms with van der Waals surface area (Å²) >= 11 is 11.9. The molecule has 0 aliphatic rings. The Morgan fingerprint density at radius 1 is 1.00 bits per heavy atom. The van der Waals surface area contributed by atoms with Gasteiger partial charge in [-0.2, -0.15) is 0 Å². The molecule has 1 aromatic heterocycles. The predicted octanol–water partition coefficient (Wildman–Crippen LogP) is 3.77. The molecule has 0 unspecified atom stereocenters. The summed E-state index contributed by atoms with van der Waals surface area (Å²) in [4.78, 5) is 8.38. The molecule has 0 fully saturated rings. The van der Waals surface area contributed by atoms with Gasteiger partial charge in [0.25, 0.3) is 0 Å². The second kappa shape index (κ2) is 4.90. The molecule has 2 aromatic rings. The van der Waals surface area contributed by atoms with E-state index in [1.807, 2.05) is 24.3 Å². The van der Waals surface area contributed by atoms with E-state index in [2.05, 4.69) is 9.97 Å². The van der Waals surface area contributed by atoms with Crippen LogP contribution in [0.3, 0.4) is 0 Å². The molecule has 5 heteroatoms. The van der Waals surface area contributed by atoms with Crippen LogP contribution < -0.4 is 4.74 Å². The number of halogens is 2. The van der Waals surface area contributed by atoms with Crippen molar-refractivity contribution in [1.29, 1.82) is 0 Å². The number of rotatable bonds is 2. The Balaban J connectivity index is 2.45. The SMILES string of the molecule is COc1ccc(-c2nc(Cl)c(C)c(Cl)n2)cc1. The first-order valence-corrected chi connectivity index (χ1v) is 5.71.